The van der Waals surface area contributed by atoms with E-state index in [4.69, 9.17) is 14.2 Å². The normalized spacial score (nSPS) is 13.4. The Morgan fingerprint density at radius 1 is 0.889 bits per heavy atom. The van der Waals surface area contributed by atoms with Crippen LogP contribution in [0.4, 0.5) is 9.59 Å². The zero-order chi connectivity index (χ0) is 20.6. The minimum atomic E-state index is -1.44. The second-order valence-corrected chi connectivity index (χ2v) is 5.54. The number of imide groups is 2. The molecule has 1 aliphatic rings. The van der Waals surface area contributed by atoms with Crippen molar-refractivity contribution < 1.29 is 38.2 Å². The van der Waals surface area contributed by atoms with Crippen molar-refractivity contribution in [1.82, 2.24) is 9.80 Å². The highest BCUT2D eigenvalue weighted by molar-refractivity contribution is 6.12. The van der Waals surface area contributed by atoms with Gasteiger partial charge in [-0.05, 0) is 6.92 Å². The van der Waals surface area contributed by atoms with Gasteiger partial charge in [0.05, 0.1) is 6.54 Å². The van der Waals surface area contributed by atoms with Crippen LogP contribution in [-0.4, -0.2) is 71.7 Å². The molecule has 0 aromatic carbocycles. The lowest BCUT2D eigenvalue weighted by Gasteiger charge is -2.48. The van der Waals surface area contributed by atoms with Crippen LogP contribution in [0.5, 0.6) is 0 Å². The highest BCUT2D eigenvalue weighted by Gasteiger charge is 2.54. The van der Waals surface area contributed by atoms with Crippen molar-refractivity contribution in [3.8, 4) is 0 Å². The van der Waals surface area contributed by atoms with Gasteiger partial charge < -0.3 is 14.2 Å². The molecule has 1 fully saturated rings. The standard InChI is InChI=1S/C17H20N2O8/c1-5-12(20)25-9-8-18-15(23)19(16(18)24)17(4,10-26-13(21)6-2)11-27-14(22)7-3/h5-7H,1-3,8-11H2,4H3. The van der Waals surface area contributed by atoms with Crippen molar-refractivity contribution in [2.75, 3.05) is 26.4 Å². The Hall–Kier alpha value is -3.43. The molecular formula is C17H20N2O8. The molecule has 0 radical (unpaired) electrons. The van der Waals surface area contributed by atoms with Crippen molar-refractivity contribution in [3.63, 3.8) is 0 Å². The lowest BCUT2D eigenvalue weighted by Crippen LogP contribution is -2.73. The molecule has 0 aliphatic carbocycles. The van der Waals surface area contributed by atoms with Gasteiger partial charge >= 0.3 is 30.0 Å². The van der Waals surface area contributed by atoms with Gasteiger partial charge in [-0.3, -0.25) is 0 Å². The fraction of sp³-hybridized carbons (Fsp3) is 0.353. The third-order valence-corrected chi connectivity index (χ3v) is 3.49. The maximum Gasteiger partial charge on any atom is 0.337 e. The quantitative estimate of drug-likeness (QED) is 0.293. The number of amides is 4. The van der Waals surface area contributed by atoms with Crippen LogP contribution >= 0.6 is 0 Å². The Balaban J connectivity index is 2.82. The molecule has 1 saturated heterocycles. The molecule has 10 nitrogen and oxygen atoms in total. The van der Waals surface area contributed by atoms with Crippen LogP contribution in [0.1, 0.15) is 6.92 Å². The number of ether oxygens (including phenoxy) is 3. The number of hydrogen-bond donors (Lipinski definition) is 0. The van der Waals surface area contributed by atoms with E-state index in [1.54, 1.807) is 0 Å². The van der Waals surface area contributed by atoms with E-state index >= 15 is 0 Å². The van der Waals surface area contributed by atoms with Gasteiger partial charge in [0.15, 0.2) is 0 Å². The molecule has 146 valence electrons. The molecule has 1 aliphatic heterocycles. The Morgan fingerprint density at radius 2 is 1.30 bits per heavy atom. The van der Waals surface area contributed by atoms with Crippen molar-refractivity contribution in [1.29, 1.82) is 0 Å². The van der Waals surface area contributed by atoms with Crippen LogP contribution in [0, 0.1) is 0 Å². The third-order valence-electron chi connectivity index (χ3n) is 3.49. The van der Waals surface area contributed by atoms with Crippen LogP contribution < -0.4 is 0 Å². The fourth-order valence-corrected chi connectivity index (χ4v) is 2.05. The van der Waals surface area contributed by atoms with E-state index in [1.165, 1.54) is 6.92 Å². The summed E-state index contributed by atoms with van der Waals surface area (Å²) in [6, 6.07) is -1.44. The SMILES string of the molecule is C=CC(=O)OCCN1C(=O)N(C(C)(COC(=O)C=C)COC(=O)C=C)C1=O. The highest BCUT2D eigenvalue weighted by Crippen LogP contribution is 2.28. The second kappa shape index (κ2) is 9.32. The third kappa shape index (κ3) is 5.27. The monoisotopic (exact) mass is 380 g/mol. The molecule has 4 amide bonds. The van der Waals surface area contributed by atoms with Gasteiger partial charge in [-0.1, -0.05) is 19.7 Å². The Morgan fingerprint density at radius 3 is 1.70 bits per heavy atom. The van der Waals surface area contributed by atoms with Crippen LogP contribution in [0.25, 0.3) is 0 Å². The molecule has 10 heteroatoms. The summed E-state index contributed by atoms with van der Waals surface area (Å²) in [7, 11) is 0. The molecule has 27 heavy (non-hydrogen) atoms. The predicted molar refractivity (Wildman–Crippen MR) is 91.2 cm³/mol. The maximum atomic E-state index is 12.3. The summed E-state index contributed by atoms with van der Waals surface area (Å²) in [5, 5.41) is 0. The van der Waals surface area contributed by atoms with E-state index in [-0.39, 0.29) is 13.2 Å². The minimum Gasteiger partial charge on any atom is -0.461 e. The predicted octanol–water partition coefficient (Wildman–Crippen LogP) is 0.790. The summed E-state index contributed by atoms with van der Waals surface area (Å²) >= 11 is 0. The van der Waals surface area contributed by atoms with Gasteiger partial charge in [0.1, 0.15) is 25.4 Å². The number of urea groups is 2. The average molecular weight is 380 g/mol. The molecule has 0 bridgehead atoms. The van der Waals surface area contributed by atoms with E-state index in [0.717, 1.165) is 28.0 Å². The van der Waals surface area contributed by atoms with E-state index in [2.05, 4.69) is 19.7 Å². The van der Waals surface area contributed by atoms with Crippen molar-refractivity contribution in [3.05, 3.63) is 38.0 Å². The molecule has 0 N–H and O–H groups in total. The summed E-state index contributed by atoms with van der Waals surface area (Å²) in [6.45, 7) is 9.92. The van der Waals surface area contributed by atoms with Crippen molar-refractivity contribution in [2.45, 2.75) is 12.5 Å². The second-order valence-electron chi connectivity index (χ2n) is 5.54. The number of carbonyl (C=O) groups excluding carboxylic acids is 5. The van der Waals surface area contributed by atoms with Crippen LogP contribution in [0.2, 0.25) is 0 Å². The Labute approximate surface area is 155 Å². The first-order valence-corrected chi connectivity index (χ1v) is 7.73. The average Bonchev–Trinajstić information content (AvgIpc) is 2.67. The molecule has 1 heterocycles. The largest absolute Gasteiger partial charge is 0.461 e. The van der Waals surface area contributed by atoms with E-state index < -0.39 is 48.7 Å². The topological polar surface area (TPSA) is 120 Å². The molecule has 0 saturated carbocycles. The van der Waals surface area contributed by atoms with E-state index in [9.17, 15) is 24.0 Å². The number of rotatable bonds is 11. The highest BCUT2D eigenvalue weighted by atomic mass is 16.6. The molecular weight excluding hydrogens is 360 g/mol. The molecule has 0 unspecified atom stereocenters. The minimum absolute atomic E-state index is 0.164. The van der Waals surface area contributed by atoms with E-state index in [0.29, 0.717) is 0 Å². The molecule has 1 rings (SSSR count). The summed E-state index contributed by atoms with van der Waals surface area (Å²) in [5.41, 5.74) is -1.44. The van der Waals surface area contributed by atoms with Crippen LogP contribution in [0.3, 0.4) is 0 Å². The molecule has 0 spiro atoms. The van der Waals surface area contributed by atoms with Gasteiger partial charge in [0.2, 0.25) is 0 Å². The van der Waals surface area contributed by atoms with Gasteiger partial charge in [-0.25, -0.2) is 33.8 Å². The number of carbonyl (C=O) groups is 5. The lowest BCUT2D eigenvalue weighted by atomic mass is 10.0. The summed E-state index contributed by atoms with van der Waals surface area (Å²) < 4.78 is 14.6. The van der Waals surface area contributed by atoms with E-state index in [1.807, 2.05) is 0 Å². The Kier molecular flexibility index (Phi) is 7.46. The van der Waals surface area contributed by atoms with Gasteiger partial charge in [0, 0.05) is 18.2 Å². The van der Waals surface area contributed by atoms with Gasteiger partial charge in [-0.15, -0.1) is 0 Å². The zero-order valence-corrected chi connectivity index (χ0v) is 14.8. The smallest absolute Gasteiger partial charge is 0.337 e. The number of hydrogen-bond acceptors (Lipinski definition) is 8. The van der Waals surface area contributed by atoms with Crippen molar-refractivity contribution >= 4 is 30.0 Å². The summed E-state index contributed by atoms with van der Waals surface area (Å²) in [4.78, 5) is 60.0. The molecule has 0 aromatic heterocycles. The van der Waals surface area contributed by atoms with Crippen molar-refractivity contribution in [2.24, 2.45) is 0 Å². The lowest BCUT2D eigenvalue weighted by molar-refractivity contribution is -0.148. The first-order valence-electron chi connectivity index (χ1n) is 7.73. The van der Waals surface area contributed by atoms with Gasteiger partial charge in [0.25, 0.3) is 0 Å². The maximum absolute atomic E-state index is 12.3. The van der Waals surface area contributed by atoms with Crippen LogP contribution in [-0.2, 0) is 28.6 Å². The fourth-order valence-electron chi connectivity index (χ4n) is 2.05. The summed E-state index contributed by atoms with van der Waals surface area (Å²) in [5.74, 6) is -2.24. The van der Waals surface area contributed by atoms with Gasteiger partial charge in [-0.2, -0.15) is 0 Å². The molecule has 0 atom stereocenters. The number of esters is 3. The first-order chi connectivity index (χ1) is 12.7. The van der Waals surface area contributed by atoms with Crippen LogP contribution in [0.15, 0.2) is 38.0 Å². The zero-order valence-electron chi connectivity index (χ0n) is 14.8. The molecule has 0 aromatic rings. The number of nitrogens with zero attached hydrogens (tertiary/aromatic N) is 2. The summed E-state index contributed by atoms with van der Waals surface area (Å²) in [6.07, 6.45) is 2.78. The first kappa shape index (κ1) is 21.6. The Bertz CT molecular complexity index is 644.